The van der Waals surface area contributed by atoms with Crippen LogP contribution < -0.4 is 10.1 Å². The van der Waals surface area contributed by atoms with Gasteiger partial charge in [0.05, 0.1) is 17.1 Å². The number of aromatic nitrogens is 6. The number of pyridine rings is 1. The summed E-state index contributed by atoms with van der Waals surface area (Å²) in [6.45, 7) is 2.90. The van der Waals surface area contributed by atoms with E-state index in [1.807, 2.05) is 12.3 Å². The molecule has 2 aliphatic heterocycles. The molecular weight excluding hydrogens is 550 g/mol. The van der Waals surface area contributed by atoms with Crippen LogP contribution in [0.2, 0.25) is 0 Å². The minimum absolute atomic E-state index is 0.0157. The Kier molecular flexibility index (Phi) is 6.14. The van der Waals surface area contributed by atoms with Crippen LogP contribution in [0, 0.1) is 11.6 Å². The molecule has 216 valence electrons. The Morgan fingerprint density at radius 2 is 1.79 bits per heavy atom. The van der Waals surface area contributed by atoms with Gasteiger partial charge in [0.1, 0.15) is 29.5 Å². The van der Waals surface area contributed by atoms with E-state index >= 15 is 4.39 Å². The lowest BCUT2D eigenvalue weighted by Crippen LogP contribution is -2.43. The lowest BCUT2D eigenvalue weighted by atomic mass is 9.95. The van der Waals surface area contributed by atoms with E-state index in [4.69, 9.17) is 4.74 Å². The van der Waals surface area contributed by atoms with Crippen LogP contribution in [0.5, 0.6) is 6.01 Å². The molecule has 0 spiro atoms. The zero-order valence-electron chi connectivity index (χ0n) is 23.3. The van der Waals surface area contributed by atoms with E-state index in [0.717, 1.165) is 44.3 Å². The summed E-state index contributed by atoms with van der Waals surface area (Å²) in [6.07, 6.45) is 11.2. The fourth-order valence-corrected chi connectivity index (χ4v) is 6.76. The Hall–Kier alpha value is -4.77. The minimum atomic E-state index is -0.664. The van der Waals surface area contributed by atoms with Crippen LogP contribution in [-0.4, -0.2) is 59.7 Å². The first-order chi connectivity index (χ1) is 21.1. The lowest BCUT2D eigenvalue weighted by Gasteiger charge is -2.31. The zero-order chi connectivity index (χ0) is 29.0. The van der Waals surface area contributed by atoms with Crippen LogP contribution in [0.15, 0.2) is 67.3 Å². The van der Waals surface area contributed by atoms with Gasteiger partial charge in [0, 0.05) is 41.6 Å². The highest BCUT2D eigenvalue weighted by molar-refractivity contribution is 5.99. The van der Waals surface area contributed by atoms with Crippen LogP contribution >= 0.6 is 0 Å². The molecule has 6 aromatic rings. The van der Waals surface area contributed by atoms with Gasteiger partial charge in [-0.15, -0.1) is 0 Å². The highest BCUT2D eigenvalue weighted by Crippen LogP contribution is 2.40. The molecule has 2 aliphatic rings. The molecule has 0 atom stereocenters. The number of anilines is 1. The Morgan fingerprint density at radius 3 is 2.65 bits per heavy atom. The van der Waals surface area contributed by atoms with Crippen molar-refractivity contribution in [2.75, 3.05) is 25.0 Å². The van der Waals surface area contributed by atoms with Crippen LogP contribution in [-0.2, 0) is 6.54 Å². The maximum Gasteiger partial charge on any atom is 0.319 e. The number of hydrogen-bond donors (Lipinski definition) is 1. The van der Waals surface area contributed by atoms with Crippen molar-refractivity contribution in [3.8, 4) is 17.3 Å². The van der Waals surface area contributed by atoms with Gasteiger partial charge in [-0.2, -0.15) is 15.1 Å². The van der Waals surface area contributed by atoms with Crippen LogP contribution in [0.3, 0.4) is 0 Å². The van der Waals surface area contributed by atoms with Gasteiger partial charge < -0.3 is 10.1 Å². The molecule has 4 aromatic heterocycles. The predicted molar refractivity (Wildman–Crippen MR) is 159 cm³/mol. The second kappa shape index (κ2) is 10.2. The van der Waals surface area contributed by atoms with E-state index in [1.54, 1.807) is 47.2 Å². The fraction of sp³-hybridized carbons (Fsp3) is 0.281. The largest absolute Gasteiger partial charge is 0.461 e. The van der Waals surface area contributed by atoms with Crippen molar-refractivity contribution in [2.45, 2.75) is 37.8 Å². The molecule has 0 amide bonds. The molecule has 8 rings (SSSR count). The molecule has 2 aromatic carbocycles. The number of benzene rings is 2. The van der Waals surface area contributed by atoms with Crippen molar-refractivity contribution >= 4 is 33.1 Å². The van der Waals surface area contributed by atoms with Gasteiger partial charge in [-0.3, -0.25) is 9.88 Å². The van der Waals surface area contributed by atoms with Crippen molar-refractivity contribution in [3.05, 3.63) is 84.4 Å². The summed E-state index contributed by atoms with van der Waals surface area (Å²) in [5, 5.41) is 9.03. The van der Waals surface area contributed by atoms with Crippen molar-refractivity contribution < 1.29 is 13.5 Å². The average Bonchev–Trinajstić information content (AvgIpc) is 3.74. The number of fused-ring (bicyclic) bond motifs is 4. The van der Waals surface area contributed by atoms with Crippen LogP contribution in [0.1, 0.15) is 31.2 Å². The standard InChI is InChI=1S/C32H28F2N8O/c33-24-9-2-7-20-6-1-8-22(25(20)24)27-26(34)28-23(18-36-27)29(37-16-21-17-38-42-15-5-12-35-30(21)42)40-31(39-28)43-19-32-10-3-13-41(32)14-4-11-32/h1-2,5-9,12,15,17-18H,3-4,10-11,13-14,16,19H2,(H,37,39,40). The van der Waals surface area contributed by atoms with Crippen molar-refractivity contribution in [1.82, 2.24) is 34.4 Å². The average molecular weight is 579 g/mol. The van der Waals surface area contributed by atoms with E-state index in [2.05, 4.69) is 35.3 Å². The summed E-state index contributed by atoms with van der Waals surface area (Å²) >= 11 is 0. The number of nitrogens with one attached hydrogen (secondary N) is 1. The maximum absolute atomic E-state index is 16.5. The van der Waals surface area contributed by atoms with Gasteiger partial charge in [0.2, 0.25) is 0 Å². The van der Waals surface area contributed by atoms with Crippen molar-refractivity contribution in [2.24, 2.45) is 0 Å². The fourth-order valence-electron chi connectivity index (χ4n) is 6.76. The molecule has 0 unspecified atom stereocenters. The second-order valence-electron chi connectivity index (χ2n) is 11.3. The monoisotopic (exact) mass is 578 g/mol. The summed E-state index contributed by atoms with van der Waals surface area (Å²) < 4.78 is 39.4. The number of halogens is 2. The first-order valence-electron chi connectivity index (χ1n) is 14.5. The summed E-state index contributed by atoms with van der Waals surface area (Å²) in [6, 6.07) is 11.9. The normalized spacial score (nSPS) is 16.3. The first kappa shape index (κ1) is 25.9. The van der Waals surface area contributed by atoms with E-state index in [-0.39, 0.29) is 22.8 Å². The molecule has 0 bridgehead atoms. The molecule has 2 fully saturated rings. The van der Waals surface area contributed by atoms with E-state index in [9.17, 15) is 4.39 Å². The summed E-state index contributed by atoms with van der Waals surface area (Å²) in [5.74, 6) is -0.727. The minimum Gasteiger partial charge on any atom is -0.461 e. The first-order valence-corrected chi connectivity index (χ1v) is 14.5. The van der Waals surface area contributed by atoms with Crippen LogP contribution in [0.4, 0.5) is 14.6 Å². The number of ether oxygens (including phenoxy) is 1. The smallest absolute Gasteiger partial charge is 0.319 e. The van der Waals surface area contributed by atoms with Crippen molar-refractivity contribution in [3.63, 3.8) is 0 Å². The SMILES string of the molecule is Fc1c(-c2cccc3cccc(F)c23)ncc2c(NCc3cnn4cccnc34)nc(OCC34CCCN3CCC4)nc12. The van der Waals surface area contributed by atoms with E-state index in [0.29, 0.717) is 46.3 Å². The highest BCUT2D eigenvalue weighted by atomic mass is 19.1. The molecule has 0 aliphatic carbocycles. The zero-order valence-corrected chi connectivity index (χ0v) is 23.3. The second-order valence-corrected chi connectivity index (χ2v) is 11.3. The molecule has 9 nitrogen and oxygen atoms in total. The summed E-state index contributed by atoms with van der Waals surface area (Å²) in [4.78, 5) is 20.6. The molecule has 43 heavy (non-hydrogen) atoms. The summed E-state index contributed by atoms with van der Waals surface area (Å²) in [5.41, 5.74) is 1.94. The number of nitrogens with zero attached hydrogens (tertiary/aromatic N) is 7. The summed E-state index contributed by atoms with van der Waals surface area (Å²) in [7, 11) is 0. The molecule has 2 saturated heterocycles. The van der Waals surface area contributed by atoms with Crippen LogP contribution in [0.25, 0.3) is 38.6 Å². The highest BCUT2D eigenvalue weighted by Gasteiger charge is 2.45. The lowest BCUT2D eigenvalue weighted by molar-refractivity contribution is 0.108. The van der Waals surface area contributed by atoms with E-state index < -0.39 is 11.6 Å². The molecule has 1 N–H and O–H groups in total. The third-order valence-corrected chi connectivity index (χ3v) is 8.85. The Bertz CT molecular complexity index is 2000. The number of rotatable bonds is 7. The van der Waals surface area contributed by atoms with Gasteiger partial charge in [-0.1, -0.05) is 30.3 Å². The molecule has 0 saturated carbocycles. The van der Waals surface area contributed by atoms with Gasteiger partial charge in [0.15, 0.2) is 11.5 Å². The van der Waals surface area contributed by atoms with E-state index in [1.165, 1.54) is 12.3 Å². The van der Waals surface area contributed by atoms with Gasteiger partial charge >= 0.3 is 6.01 Å². The maximum atomic E-state index is 16.5. The number of hydrogen-bond acceptors (Lipinski definition) is 8. The predicted octanol–water partition coefficient (Wildman–Crippen LogP) is 5.79. The third-order valence-electron chi connectivity index (χ3n) is 8.85. The molecule has 0 radical (unpaired) electrons. The van der Waals surface area contributed by atoms with Gasteiger partial charge in [-0.05, 0) is 56.3 Å². The third kappa shape index (κ3) is 4.34. The van der Waals surface area contributed by atoms with Gasteiger partial charge in [-0.25, -0.2) is 18.3 Å². The Balaban J connectivity index is 1.22. The Morgan fingerprint density at radius 1 is 0.953 bits per heavy atom. The topological polar surface area (TPSA) is 93.4 Å². The molecule has 6 heterocycles. The molecular formula is C32H28F2N8O. The van der Waals surface area contributed by atoms with Crippen molar-refractivity contribution in [1.29, 1.82) is 0 Å². The molecule has 11 heteroatoms. The van der Waals surface area contributed by atoms with Gasteiger partial charge in [0.25, 0.3) is 0 Å². The quantitative estimate of drug-likeness (QED) is 0.255. The Labute approximate surface area is 245 Å².